The first-order valence-corrected chi connectivity index (χ1v) is 8.83. The van der Waals surface area contributed by atoms with E-state index in [1.807, 2.05) is 0 Å². The largest absolute Gasteiger partial charge is 0.313 e. The minimum atomic E-state index is -3.28. The molecule has 2 heterocycles. The molecular formula is C9H15NO4S2. The van der Waals surface area contributed by atoms with Crippen LogP contribution in [-0.2, 0) is 19.7 Å². The highest BCUT2D eigenvalue weighted by Crippen LogP contribution is 2.54. The van der Waals surface area contributed by atoms with Gasteiger partial charge in [0.1, 0.15) is 9.49 Å². The molecule has 0 spiro atoms. The Hall–Kier alpha value is -0.140. The number of nitrogens with one attached hydrogen (secondary N) is 1. The first-order valence-electron chi connectivity index (χ1n) is 5.52. The van der Waals surface area contributed by atoms with E-state index in [2.05, 4.69) is 5.32 Å². The summed E-state index contributed by atoms with van der Waals surface area (Å²) in [5.74, 6) is -0.391. The van der Waals surface area contributed by atoms with Crippen molar-refractivity contribution >= 4 is 19.7 Å². The maximum atomic E-state index is 12.2. The highest BCUT2D eigenvalue weighted by molar-refractivity contribution is 8.00. The van der Waals surface area contributed by atoms with Crippen molar-refractivity contribution in [1.29, 1.82) is 0 Å². The Kier molecular flexibility index (Phi) is 1.93. The third-order valence-electron chi connectivity index (χ3n) is 4.62. The molecule has 1 N–H and O–H groups in total. The van der Waals surface area contributed by atoms with Gasteiger partial charge in [0, 0.05) is 13.1 Å². The van der Waals surface area contributed by atoms with Crippen LogP contribution in [0, 0.1) is 0 Å². The number of hydrogen-bond acceptors (Lipinski definition) is 5. The average molecular weight is 265 g/mol. The summed E-state index contributed by atoms with van der Waals surface area (Å²) in [6.07, 6.45) is 1.71. The van der Waals surface area contributed by atoms with E-state index in [1.54, 1.807) is 0 Å². The van der Waals surface area contributed by atoms with Crippen molar-refractivity contribution in [3.8, 4) is 0 Å². The molecule has 2 aliphatic heterocycles. The second-order valence-electron chi connectivity index (χ2n) is 5.08. The third-order valence-corrected chi connectivity index (χ3v) is 10.4. The van der Waals surface area contributed by atoms with Crippen molar-refractivity contribution in [1.82, 2.24) is 5.32 Å². The molecular weight excluding hydrogens is 250 g/mol. The van der Waals surface area contributed by atoms with Crippen molar-refractivity contribution in [3.05, 3.63) is 0 Å². The maximum Gasteiger partial charge on any atom is 0.159 e. The first kappa shape index (κ1) is 11.0. The molecule has 0 aromatic heterocycles. The standard InChI is InChI=1S/C9H15NO4S2/c11-15(12)4-5-16(13,14)9-3-1-2-8(9,15)6-10-7-9/h10H,1-7H2. The van der Waals surface area contributed by atoms with Gasteiger partial charge in [-0.3, -0.25) is 0 Å². The van der Waals surface area contributed by atoms with Crippen LogP contribution in [0.3, 0.4) is 0 Å². The lowest BCUT2D eigenvalue weighted by atomic mass is 9.98. The SMILES string of the molecule is O=S1(=O)CCS(=O)(=O)C23CCCC21CNC3. The zero-order valence-electron chi connectivity index (χ0n) is 8.90. The fourth-order valence-electron chi connectivity index (χ4n) is 3.79. The summed E-state index contributed by atoms with van der Waals surface area (Å²) in [7, 11) is -6.56. The van der Waals surface area contributed by atoms with E-state index < -0.39 is 29.2 Å². The summed E-state index contributed by atoms with van der Waals surface area (Å²) in [5.41, 5.74) is 0. The summed E-state index contributed by atoms with van der Waals surface area (Å²) in [4.78, 5) is 0. The lowest BCUT2D eigenvalue weighted by Gasteiger charge is -2.42. The molecule has 0 amide bonds. The molecule has 3 aliphatic rings. The summed E-state index contributed by atoms with van der Waals surface area (Å²) in [6, 6.07) is 0. The predicted octanol–water partition coefficient (Wildman–Crippen LogP) is -0.906. The van der Waals surface area contributed by atoms with E-state index >= 15 is 0 Å². The molecule has 3 fully saturated rings. The molecule has 3 rings (SSSR count). The Morgan fingerprint density at radius 2 is 1.25 bits per heavy atom. The quantitative estimate of drug-likeness (QED) is 0.613. The Morgan fingerprint density at radius 3 is 1.69 bits per heavy atom. The molecule has 0 aromatic carbocycles. The fourth-order valence-corrected chi connectivity index (χ4v) is 10.1. The molecule has 2 unspecified atom stereocenters. The topological polar surface area (TPSA) is 80.3 Å². The van der Waals surface area contributed by atoms with Gasteiger partial charge in [-0.25, -0.2) is 16.8 Å². The second-order valence-corrected chi connectivity index (χ2v) is 9.92. The molecule has 16 heavy (non-hydrogen) atoms. The van der Waals surface area contributed by atoms with Crippen LogP contribution in [0.1, 0.15) is 19.3 Å². The van der Waals surface area contributed by atoms with E-state index in [-0.39, 0.29) is 11.5 Å². The minimum Gasteiger partial charge on any atom is -0.313 e. The summed E-state index contributed by atoms with van der Waals surface area (Å²) in [5, 5.41) is 3.00. The average Bonchev–Trinajstić information content (AvgIpc) is 2.69. The van der Waals surface area contributed by atoms with Crippen LogP contribution in [0.25, 0.3) is 0 Å². The highest BCUT2D eigenvalue weighted by Gasteiger charge is 2.72. The van der Waals surface area contributed by atoms with Crippen molar-refractivity contribution in [3.63, 3.8) is 0 Å². The lowest BCUT2D eigenvalue weighted by molar-refractivity contribution is 0.464. The van der Waals surface area contributed by atoms with E-state index in [9.17, 15) is 16.8 Å². The van der Waals surface area contributed by atoms with Crippen LogP contribution in [0.15, 0.2) is 0 Å². The van der Waals surface area contributed by atoms with Gasteiger partial charge in [0.15, 0.2) is 19.7 Å². The van der Waals surface area contributed by atoms with E-state index in [0.717, 1.165) is 0 Å². The van der Waals surface area contributed by atoms with E-state index in [4.69, 9.17) is 0 Å². The van der Waals surface area contributed by atoms with E-state index in [0.29, 0.717) is 32.4 Å². The van der Waals surface area contributed by atoms with Gasteiger partial charge in [-0.1, -0.05) is 6.42 Å². The minimum absolute atomic E-state index is 0.196. The zero-order valence-corrected chi connectivity index (χ0v) is 10.5. The van der Waals surface area contributed by atoms with Crippen molar-refractivity contribution < 1.29 is 16.8 Å². The van der Waals surface area contributed by atoms with Gasteiger partial charge in [-0.05, 0) is 12.8 Å². The molecule has 1 aliphatic carbocycles. The molecule has 92 valence electrons. The van der Waals surface area contributed by atoms with Crippen molar-refractivity contribution in [2.75, 3.05) is 24.6 Å². The Bertz CT molecular complexity index is 476. The molecule has 1 saturated carbocycles. The molecule has 0 aromatic rings. The monoisotopic (exact) mass is 265 g/mol. The maximum absolute atomic E-state index is 12.2. The van der Waals surface area contributed by atoms with Gasteiger partial charge in [0.25, 0.3) is 0 Å². The van der Waals surface area contributed by atoms with Gasteiger partial charge in [0.05, 0.1) is 11.5 Å². The number of sulfone groups is 2. The van der Waals surface area contributed by atoms with Crippen LogP contribution in [0.4, 0.5) is 0 Å². The molecule has 2 saturated heterocycles. The Morgan fingerprint density at radius 1 is 0.812 bits per heavy atom. The number of hydrogen-bond donors (Lipinski definition) is 1. The summed E-state index contributed by atoms with van der Waals surface area (Å²) < 4.78 is 46.9. The van der Waals surface area contributed by atoms with Crippen molar-refractivity contribution in [2.45, 2.75) is 28.8 Å². The van der Waals surface area contributed by atoms with Crippen molar-refractivity contribution in [2.24, 2.45) is 0 Å². The second kappa shape index (κ2) is 2.81. The highest BCUT2D eigenvalue weighted by atomic mass is 32.2. The van der Waals surface area contributed by atoms with E-state index in [1.165, 1.54) is 0 Å². The van der Waals surface area contributed by atoms with Gasteiger partial charge in [-0.2, -0.15) is 0 Å². The van der Waals surface area contributed by atoms with Crippen LogP contribution in [-0.4, -0.2) is 50.9 Å². The van der Waals surface area contributed by atoms with Gasteiger partial charge in [0.2, 0.25) is 0 Å². The molecule has 5 nitrogen and oxygen atoms in total. The molecule has 2 atom stereocenters. The molecule has 0 radical (unpaired) electrons. The lowest BCUT2D eigenvalue weighted by Crippen LogP contribution is -2.64. The Balaban J connectivity index is 2.33. The van der Waals surface area contributed by atoms with Crippen LogP contribution in [0.5, 0.6) is 0 Å². The van der Waals surface area contributed by atoms with Gasteiger partial charge in [-0.15, -0.1) is 0 Å². The third kappa shape index (κ3) is 0.922. The van der Waals surface area contributed by atoms with Gasteiger partial charge < -0.3 is 5.32 Å². The van der Waals surface area contributed by atoms with Gasteiger partial charge >= 0.3 is 0 Å². The summed E-state index contributed by atoms with van der Waals surface area (Å²) >= 11 is 0. The number of rotatable bonds is 0. The smallest absolute Gasteiger partial charge is 0.159 e. The molecule has 0 bridgehead atoms. The first-order chi connectivity index (χ1) is 7.37. The van der Waals surface area contributed by atoms with Crippen LogP contribution < -0.4 is 5.32 Å². The molecule has 7 heteroatoms. The summed E-state index contributed by atoms with van der Waals surface area (Å²) in [6.45, 7) is 0.628. The predicted molar refractivity (Wildman–Crippen MR) is 59.8 cm³/mol. The van der Waals surface area contributed by atoms with Crippen LogP contribution >= 0.6 is 0 Å². The Labute approximate surface area is 95.4 Å². The fraction of sp³-hybridized carbons (Fsp3) is 1.00. The normalized spacial score (nSPS) is 48.5. The zero-order chi connectivity index (χ0) is 11.7. The van der Waals surface area contributed by atoms with Crippen LogP contribution in [0.2, 0.25) is 0 Å².